The van der Waals surface area contributed by atoms with Gasteiger partial charge in [0, 0.05) is 40.8 Å². The molecule has 3 aliphatic carbocycles. The van der Waals surface area contributed by atoms with Crippen LogP contribution in [0.4, 0.5) is 4.79 Å². The predicted molar refractivity (Wildman–Crippen MR) is 213 cm³/mol. The van der Waals surface area contributed by atoms with Gasteiger partial charge in [-0.05, 0) is 104 Å². The third-order valence-corrected chi connectivity index (χ3v) is 15.0. The molecule has 1 aromatic carbocycles. The Hall–Kier alpha value is -4.40. The number of sulfonamides is 1. The highest BCUT2D eigenvalue weighted by Gasteiger charge is 2.64. The maximum atomic E-state index is 14.9. The van der Waals surface area contributed by atoms with Crippen molar-refractivity contribution >= 4 is 44.7 Å². The lowest BCUT2D eigenvalue weighted by atomic mass is 9.86. The predicted octanol–water partition coefficient (Wildman–Crippen LogP) is 4.65. The Morgan fingerprint density at radius 3 is 2.53 bits per heavy atom. The largest absolute Gasteiger partial charge is 0.497 e. The van der Waals surface area contributed by atoms with E-state index in [4.69, 9.17) is 14.5 Å². The molecule has 5 amide bonds. The number of nitrogens with one attached hydrogen (secondary N) is 4. The number of aromatic nitrogens is 1. The van der Waals surface area contributed by atoms with E-state index in [0.717, 1.165) is 47.8 Å². The molecule has 15 heteroatoms. The topological polar surface area (TPSA) is 185 Å². The summed E-state index contributed by atoms with van der Waals surface area (Å²) >= 11 is 0. The third kappa shape index (κ3) is 7.68. The van der Waals surface area contributed by atoms with Crippen molar-refractivity contribution in [1.82, 2.24) is 30.6 Å². The van der Waals surface area contributed by atoms with E-state index >= 15 is 0 Å². The summed E-state index contributed by atoms with van der Waals surface area (Å²) < 4.78 is 40.4. The average molecular weight is 805 g/mol. The van der Waals surface area contributed by atoms with Crippen LogP contribution in [-0.4, -0.2) is 89.2 Å². The highest BCUT2D eigenvalue weighted by molar-refractivity contribution is 7.91. The van der Waals surface area contributed by atoms with E-state index in [2.05, 4.69) is 20.7 Å². The fraction of sp³-hybridized carbons (Fsp3) is 0.643. The summed E-state index contributed by atoms with van der Waals surface area (Å²) in [7, 11) is -2.35. The van der Waals surface area contributed by atoms with Crippen molar-refractivity contribution in [3.05, 3.63) is 41.6 Å². The number of fused-ring (bicyclic) bond motifs is 5. The fourth-order valence-electron chi connectivity index (χ4n) is 8.83. The zero-order valence-corrected chi connectivity index (χ0v) is 34.5. The average Bonchev–Trinajstić information content (AvgIpc) is 4.08. The Bertz CT molecular complexity index is 2140. The molecule has 1 spiro atoms. The van der Waals surface area contributed by atoms with Crippen LogP contribution in [0.5, 0.6) is 11.5 Å². The molecule has 4 fully saturated rings. The highest BCUT2D eigenvalue weighted by Crippen LogP contribution is 2.52. The molecule has 3 saturated carbocycles. The van der Waals surface area contributed by atoms with Crippen molar-refractivity contribution < 1.29 is 37.1 Å². The smallest absolute Gasteiger partial charge is 0.315 e. The van der Waals surface area contributed by atoms with Crippen molar-refractivity contribution in [2.45, 2.75) is 151 Å². The molecule has 3 aliphatic heterocycles. The van der Waals surface area contributed by atoms with Crippen LogP contribution in [-0.2, 0) is 30.8 Å². The molecule has 5 unspecified atom stereocenters. The number of benzene rings is 1. The summed E-state index contributed by atoms with van der Waals surface area (Å²) in [4.78, 5) is 63.5. The van der Waals surface area contributed by atoms with Gasteiger partial charge in [0.05, 0.1) is 29.6 Å². The van der Waals surface area contributed by atoms with Crippen LogP contribution in [0.2, 0.25) is 0 Å². The summed E-state index contributed by atoms with van der Waals surface area (Å²) in [6.45, 7) is 7.28. The van der Waals surface area contributed by atoms with Gasteiger partial charge >= 0.3 is 6.03 Å². The number of methoxy groups -OCH3 is 1. The summed E-state index contributed by atoms with van der Waals surface area (Å²) in [5.74, 6) is -0.483. The molecule has 4 heterocycles. The number of hydrogen-bond donors (Lipinski definition) is 4. The van der Waals surface area contributed by atoms with Crippen molar-refractivity contribution in [3.63, 3.8) is 0 Å². The maximum Gasteiger partial charge on any atom is 0.315 e. The molecular weight excluding hydrogens is 749 g/mol. The number of aryl methyl sites for hydroxylation is 1. The summed E-state index contributed by atoms with van der Waals surface area (Å²) in [5.41, 5.74) is -0.253. The lowest BCUT2D eigenvalue weighted by Crippen LogP contribution is -2.59. The molecule has 57 heavy (non-hydrogen) atoms. The second kappa shape index (κ2) is 14.2. The first-order valence-electron chi connectivity index (χ1n) is 20.6. The number of carbonyl (C=O) groups is 4. The number of pyridine rings is 1. The number of nitrogens with zero attached hydrogens (tertiary/aromatic N) is 2. The van der Waals surface area contributed by atoms with Gasteiger partial charge in [-0.3, -0.25) is 19.1 Å². The molecule has 308 valence electrons. The third-order valence-electron chi connectivity index (χ3n) is 12.8. The van der Waals surface area contributed by atoms with E-state index in [1.807, 2.05) is 51.1 Å². The van der Waals surface area contributed by atoms with Crippen LogP contribution < -0.4 is 30.1 Å². The molecule has 0 radical (unpaired) electrons. The molecule has 8 rings (SSSR count). The van der Waals surface area contributed by atoms with Gasteiger partial charge < -0.3 is 30.3 Å². The number of ether oxygens (including phenoxy) is 2. The van der Waals surface area contributed by atoms with Gasteiger partial charge in [0.1, 0.15) is 34.7 Å². The van der Waals surface area contributed by atoms with Gasteiger partial charge in [0.15, 0.2) is 0 Å². The highest BCUT2D eigenvalue weighted by atomic mass is 32.2. The van der Waals surface area contributed by atoms with Gasteiger partial charge in [-0.2, -0.15) is 0 Å². The SMILES string of the molecule is COc1ccc2c3c(c(C4CC4)nc2c1)OC1(CC3)CC2C(=O)NC3(C(=O)NS(=O)(=O)C4(C)CC4)CC3C=CCCCCCC(NC(=O)NC(C)(C)C)C(=O)N2C1. The molecule has 1 saturated heterocycles. The molecular formula is C42H56N6O8S. The van der Waals surface area contributed by atoms with Crippen molar-refractivity contribution in [1.29, 1.82) is 0 Å². The number of urea groups is 1. The van der Waals surface area contributed by atoms with E-state index in [-0.39, 0.29) is 25.3 Å². The van der Waals surface area contributed by atoms with Crippen LogP contribution in [0.15, 0.2) is 30.4 Å². The van der Waals surface area contributed by atoms with Crippen LogP contribution in [0.1, 0.15) is 122 Å². The first-order valence-corrected chi connectivity index (χ1v) is 22.1. The Labute approximate surface area is 334 Å². The number of carbonyl (C=O) groups excluding carboxylic acids is 4. The Balaban J connectivity index is 1.15. The number of amides is 5. The second-order valence-electron chi connectivity index (χ2n) is 18.6. The minimum Gasteiger partial charge on any atom is -0.497 e. The molecule has 14 nitrogen and oxygen atoms in total. The monoisotopic (exact) mass is 804 g/mol. The number of rotatable bonds is 6. The standard InChI is InChI=1S/C42H56N6O8S/c1-39(2,3)46-38(52)44-30-12-10-8-6-7-9-11-26-22-42(26,37(51)47-57(53,54)40(4)19-20-40)45-35(49)32-23-41(24-48(32)36(30)50)18-17-29-28-16-15-27(55-5)21-31(28)43-33(25-13-14-25)34(29)56-41/h9,11,15-16,21,25-26,30,32H,6-8,10,12-14,17-20,22-24H2,1-5H3,(H,45,49)(H,47,51)(H2,44,46,52). The zero-order valence-electron chi connectivity index (χ0n) is 33.7. The van der Waals surface area contributed by atoms with Gasteiger partial charge in [0.2, 0.25) is 21.8 Å². The quantitative estimate of drug-likeness (QED) is 0.302. The van der Waals surface area contributed by atoms with E-state index in [1.54, 1.807) is 14.0 Å². The minimum absolute atomic E-state index is 0.0858. The van der Waals surface area contributed by atoms with E-state index in [9.17, 15) is 27.6 Å². The van der Waals surface area contributed by atoms with Crippen LogP contribution in [0, 0.1) is 5.92 Å². The van der Waals surface area contributed by atoms with Gasteiger partial charge in [-0.1, -0.05) is 25.0 Å². The number of allylic oxidation sites excluding steroid dienone is 1. The molecule has 2 aromatic rings. The van der Waals surface area contributed by atoms with E-state index < -0.39 is 73.2 Å². The van der Waals surface area contributed by atoms with Gasteiger partial charge in [0.25, 0.3) is 5.91 Å². The Morgan fingerprint density at radius 2 is 1.82 bits per heavy atom. The van der Waals surface area contributed by atoms with E-state index in [1.165, 1.54) is 4.90 Å². The zero-order chi connectivity index (χ0) is 40.5. The summed E-state index contributed by atoms with van der Waals surface area (Å²) in [5, 5.41) is 9.78. The van der Waals surface area contributed by atoms with Crippen molar-refractivity contribution in [2.24, 2.45) is 5.92 Å². The first kappa shape index (κ1) is 39.4. The van der Waals surface area contributed by atoms with Gasteiger partial charge in [-0.25, -0.2) is 18.2 Å². The fourth-order valence-corrected chi connectivity index (χ4v) is 10.1. The first-order chi connectivity index (χ1) is 27.0. The molecule has 1 aromatic heterocycles. The van der Waals surface area contributed by atoms with Crippen molar-refractivity contribution in [3.8, 4) is 11.5 Å². The number of hydrogen-bond acceptors (Lipinski definition) is 9. The summed E-state index contributed by atoms with van der Waals surface area (Å²) in [6.07, 6.45) is 11.6. The molecule has 6 aliphatic rings. The molecule has 0 bridgehead atoms. The molecule has 5 atom stereocenters. The summed E-state index contributed by atoms with van der Waals surface area (Å²) in [6, 6.07) is 3.38. The van der Waals surface area contributed by atoms with E-state index in [0.29, 0.717) is 56.4 Å². The van der Waals surface area contributed by atoms with Crippen LogP contribution >= 0.6 is 0 Å². The normalized spacial score (nSPS) is 29.8. The lowest BCUT2D eigenvalue weighted by Gasteiger charge is -2.37. The molecule has 4 N–H and O–H groups in total. The lowest BCUT2D eigenvalue weighted by molar-refractivity contribution is -0.141. The van der Waals surface area contributed by atoms with Crippen molar-refractivity contribution in [2.75, 3.05) is 13.7 Å². The Morgan fingerprint density at radius 1 is 1.05 bits per heavy atom. The van der Waals surface area contributed by atoms with Crippen LogP contribution in [0.3, 0.4) is 0 Å². The second-order valence-corrected chi connectivity index (χ2v) is 20.8. The minimum atomic E-state index is -3.98. The maximum absolute atomic E-state index is 14.9. The Kier molecular flexibility index (Phi) is 9.79. The van der Waals surface area contributed by atoms with Gasteiger partial charge in [-0.15, -0.1) is 0 Å². The van der Waals surface area contributed by atoms with Crippen LogP contribution in [0.25, 0.3) is 10.9 Å².